The third-order valence-corrected chi connectivity index (χ3v) is 5.55. The first-order valence-corrected chi connectivity index (χ1v) is 11.0. The fourth-order valence-corrected chi connectivity index (χ4v) is 3.76. The van der Waals surface area contributed by atoms with Gasteiger partial charge in [-0.25, -0.2) is 27.3 Å². The van der Waals surface area contributed by atoms with Gasteiger partial charge in [-0.15, -0.1) is 5.10 Å². The minimum atomic E-state index is -3.18. The summed E-state index contributed by atoms with van der Waals surface area (Å²) in [5.41, 5.74) is -0.524. The van der Waals surface area contributed by atoms with E-state index < -0.39 is 37.3 Å². The molecule has 2 aromatic carbocycles. The Hall–Kier alpha value is -3.64. The van der Waals surface area contributed by atoms with Gasteiger partial charge in [-0.1, -0.05) is 17.7 Å². The maximum Gasteiger partial charge on any atom is 0.350 e. The number of nitrogens with zero attached hydrogens (tertiary/aromatic N) is 4. The summed E-state index contributed by atoms with van der Waals surface area (Å²) in [7, 11) is 0. The van der Waals surface area contributed by atoms with E-state index in [9.17, 15) is 27.5 Å². The molecule has 8 nitrogen and oxygen atoms in total. The van der Waals surface area contributed by atoms with Crippen molar-refractivity contribution in [1.29, 1.82) is 0 Å². The van der Waals surface area contributed by atoms with E-state index in [1.165, 1.54) is 41.1 Å². The monoisotopic (exact) mass is 526 g/mol. The van der Waals surface area contributed by atoms with Gasteiger partial charge in [0, 0.05) is 18.8 Å². The highest BCUT2D eigenvalue weighted by atomic mass is 35.5. The minimum absolute atomic E-state index is 0.00465. The van der Waals surface area contributed by atoms with Crippen LogP contribution in [0.25, 0.3) is 16.5 Å². The van der Waals surface area contributed by atoms with Crippen LogP contribution >= 0.6 is 11.6 Å². The normalized spacial score (nSPS) is 12.3. The first-order chi connectivity index (χ1) is 17.3. The SMILES string of the molecule is CCn1c(CO)nn(-c2cc(OC(CF)C(F)F)c3c(Oc4c(F)cccc4Cl)nccc3c2)c1=O. The van der Waals surface area contributed by atoms with E-state index in [2.05, 4.69) is 10.1 Å². The topological polar surface area (TPSA) is 91.4 Å². The zero-order chi connectivity index (χ0) is 26.0. The number of benzene rings is 2. The molecule has 1 unspecified atom stereocenters. The van der Waals surface area contributed by atoms with Gasteiger partial charge in [0.25, 0.3) is 6.43 Å². The molecule has 0 fully saturated rings. The van der Waals surface area contributed by atoms with Gasteiger partial charge in [0.05, 0.1) is 16.1 Å². The van der Waals surface area contributed by atoms with Crippen molar-refractivity contribution in [3.63, 3.8) is 0 Å². The molecular weight excluding hydrogens is 508 g/mol. The van der Waals surface area contributed by atoms with Gasteiger partial charge in [-0.05, 0) is 36.6 Å². The molecule has 0 spiro atoms. The Kier molecular flexibility index (Phi) is 7.45. The Labute approximate surface area is 206 Å². The lowest BCUT2D eigenvalue weighted by molar-refractivity contribution is -0.000431. The number of fused-ring (bicyclic) bond motifs is 1. The summed E-state index contributed by atoms with van der Waals surface area (Å²) in [5, 5.41) is 13.8. The summed E-state index contributed by atoms with van der Waals surface area (Å²) in [6.07, 6.45) is -4.03. The van der Waals surface area contributed by atoms with E-state index in [1.807, 2.05) is 0 Å². The molecule has 2 heterocycles. The third kappa shape index (κ3) is 4.73. The van der Waals surface area contributed by atoms with Crippen LogP contribution in [0.1, 0.15) is 12.7 Å². The number of hydrogen-bond donors (Lipinski definition) is 1. The smallest absolute Gasteiger partial charge is 0.350 e. The molecule has 0 amide bonds. The van der Waals surface area contributed by atoms with E-state index in [4.69, 9.17) is 21.1 Å². The van der Waals surface area contributed by atoms with Crippen molar-refractivity contribution in [2.24, 2.45) is 0 Å². The zero-order valence-corrected chi connectivity index (χ0v) is 19.4. The Morgan fingerprint density at radius 2 is 2.00 bits per heavy atom. The number of alkyl halides is 3. The van der Waals surface area contributed by atoms with Crippen molar-refractivity contribution in [2.45, 2.75) is 32.6 Å². The average molecular weight is 527 g/mol. The maximum atomic E-state index is 14.4. The van der Waals surface area contributed by atoms with Gasteiger partial charge >= 0.3 is 5.69 Å². The second kappa shape index (κ2) is 10.5. The molecule has 190 valence electrons. The number of rotatable bonds is 9. The summed E-state index contributed by atoms with van der Waals surface area (Å²) < 4.78 is 67.6. The Morgan fingerprint density at radius 3 is 2.61 bits per heavy atom. The molecule has 13 heteroatoms. The van der Waals surface area contributed by atoms with Crippen LogP contribution in [0.5, 0.6) is 17.4 Å². The van der Waals surface area contributed by atoms with Gasteiger partial charge in [0.1, 0.15) is 19.0 Å². The number of aliphatic hydroxyl groups excluding tert-OH is 1. The number of pyridine rings is 1. The van der Waals surface area contributed by atoms with Crippen LogP contribution in [-0.2, 0) is 13.2 Å². The molecular formula is C23H19ClF4N4O4. The van der Waals surface area contributed by atoms with Gasteiger partial charge < -0.3 is 14.6 Å². The Bertz CT molecular complexity index is 1440. The predicted octanol–water partition coefficient (Wildman–Crippen LogP) is 4.66. The lowest BCUT2D eigenvalue weighted by Gasteiger charge is -2.19. The average Bonchev–Trinajstić information content (AvgIpc) is 3.19. The molecule has 4 rings (SSSR count). The molecule has 0 radical (unpaired) electrons. The lowest BCUT2D eigenvalue weighted by atomic mass is 10.1. The predicted molar refractivity (Wildman–Crippen MR) is 123 cm³/mol. The lowest BCUT2D eigenvalue weighted by Crippen LogP contribution is -2.28. The molecule has 0 aliphatic rings. The van der Waals surface area contributed by atoms with E-state index in [0.717, 1.165) is 10.7 Å². The summed E-state index contributed by atoms with van der Waals surface area (Å²) >= 11 is 6.04. The highest BCUT2D eigenvalue weighted by Gasteiger charge is 2.26. The Morgan fingerprint density at radius 1 is 1.22 bits per heavy atom. The van der Waals surface area contributed by atoms with Crippen LogP contribution in [0.15, 0.2) is 47.4 Å². The number of aromatic nitrogens is 4. The number of aliphatic hydroxyl groups is 1. The summed E-state index contributed by atoms with van der Waals surface area (Å²) in [5.74, 6) is -1.66. The molecule has 1 atom stereocenters. The molecule has 2 aromatic heterocycles. The van der Waals surface area contributed by atoms with Gasteiger partial charge in [0.15, 0.2) is 23.5 Å². The van der Waals surface area contributed by atoms with Gasteiger partial charge in [-0.3, -0.25) is 4.57 Å². The molecule has 0 aliphatic heterocycles. The molecule has 1 N–H and O–H groups in total. The Balaban J connectivity index is 1.95. The summed E-state index contributed by atoms with van der Waals surface area (Å²) in [6, 6.07) is 7.95. The zero-order valence-electron chi connectivity index (χ0n) is 18.7. The van der Waals surface area contributed by atoms with Crippen LogP contribution < -0.4 is 15.2 Å². The molecule has 0 aliphatic carbocycles. The standard InChI is InChI=1S/C23H19ClF4N4O4/c1-2-31-18(11-33)30-32(23(31)34)13-8-12-6-7-29-22(36-20-14(24)4-3-5-15(20)26)19(12)16(9-13)35-17(10-25)21(27)28/h3-9,17,21,33H,2,10-11H2,1H3. The number of hydrogen-bond acceptors (Lipinski definition) is 6. The van der Waals surface area contributed by atoms with Crippen LogP contribution in [-0.4, -0.2) is 43.6 Å². The highest BCUT2D eigenvalue weighted by molar-refractivity contribution is 6.32. The van der Waals surface area contributed by atoms with E-state index >= 15 is 0 Å². The first-order valence-electron chi connectivity index (χ1n) is 10.6. The first kappa shape index (κ1) is 25.5. The van der Waals surface area contributed by atoms with Crippen LogP contribution in [0, 0.1) is 5.82 Å². The van der Waals surface area contributed by atoms with Crippen molar-refractivity contribution >= 4 is 22.4 Å². The summed E-state index contributed by atoms with van der Waals surface area (Å²) in [6.45, 7) is -0.142. The van der Waals surface area contributed by atoms with Crippen molar-refractivity contribution in [2.75, 3.05) is 6.67 Å². The van der Waals surface area contributed by atoms with Gasteiger partial charge in [0.2, 0.25) is 5.88 Å². The largest absolute Gasteiger partial charge is 0.481 e. The minimum Gasteiger partial charge on any atom is -0.481 e. The quantitative estimate of drug-likeness (QED) is 0.319. The van der Waals surface area contributed by atoms with E-state index in [-0.39, 0.29) is 51.2 Å². The maximum absolute atomic E-state index is 14.4. The third-order valence-electron chi connectivity index (χ3n) is 5.25. The molecule has 4 aromatic rings. The van der Waals surface area contributed by atoms with Crippen molar-refractivity contribution < 1.29 is 32.1 Å². The highest BCUT2D eigenvalue weighted by Crippen LogP contribution is 2.40. The van der Waals surface area contributed by atoms with Crippen LogP contribution in [0.4, 0.5) is 17.6 Å². The molecule has 0 saturated heterocycles. The second-order valence-corrected chi connectivity index (χ2v) is 7.88. The number of ether oxygens (including phenoxy) is 2. The molecule has 0 bridgehead atoms. The number of para-hydroxylation sites is 1. The van der Waals surface area contributed by atoms with Crippen molar-refractivity contribution in [3.05, 3.63) is 69.7 Å². The second-order valence-electron chi connectivity index (χ2n) is 7.47. The van der Waals surface area contributed by atoms with Crippen LogP contribution in [0.2, 0.25) is 5.02 Å². The van der Waals surface area contributed by atoms with Crippen LogP contribution in [0.3, 0.4) is 0 Å². The fraction of sp³-hybridized carbons (Fsp3) is 0.261. The number of halogens is 5. The van der Waals surface area contributed by atoms with Crippen molar-refractivity contribution in [3.8, 4) is 23.1 Å². The van der Waals surface area contributed by atoms with E-state index in [0.29, 0.717) is 0 Å². The molecule has 0 saturated carbocycles. The van der Waals surface area contributed by atoms with E-state index in [1.54, 1.807) is 6.92 Å². The fourth-order valence-electron chi connectivity index (χ4n) is 3.55. The molecule has 36 heavy (non-hydrogen) atoms. The summed E-state index contributed by atoms with van der Waals surface area (Å²) in [4.78, 5) is 16.9. The van der Waals surface area contributed by atoms with Crippen molar-refractivity contribution in [1.82, 2.24) is 19.3 Å². The van der Waals surface area contributed by atoms with Gasteiger partial charge in [-0.2, -0.15) is 4.68 Å².